The van der Waals surface area contributed by atoms with E-state index in [1.54, 1.807) is 26.2 Å². The lowest BCUT2D eigenvalue weighted by atomic mass is 9.91. The van der Waals surface area contributed by atoms with E-state index in [4.69, 9.17) is 9.15 Å². The average molecular weight is 461 g/mol. The van der Waals surface area contributed by atoms with E-state index in [2.05, 4.69) is 40.7 Å². The van der Waals surface area contributed by atoms with Crippen LogP contribution in [0.1, 0.15) is 40.4 Å². The molecule has 0 amide bonds. The molecule has 4 aromatic rings. The van der Waals surface area contributed by atoms with Crippen molar-refractivity contribution in [3.8, 4) is 39.8 Å². The fraction of sp³-hybridized carbons (Fsp3) is 0.308. The van der Waals surface area contributed by atoms with Crippen LogP contribution in [-0.2, 0) is 10.2 Å². The van der Waals surface area contributed by atoms with E-state index >= 15 is 0 Å². The third-order valence-electron chi connectivity index (χ3n) is 5.45. The first-order valence-electron chi connectivity index (χ1n) is 11.0. The van der Waals surface area contributed by atoms with Crippen LogP contribution in [0.3, 0.4) is 0 Å². The molecule has 34 heavy (non-hydrogen) atoms. The van der Waals surface area contributed by atoms with Crippen LogP contribution < -0.4 is 4.74 Å². The van der Waals surface area contributed by atoms with Crippen molar-refractivity contribution < 1.29 is 19.1 Å². The summed E-state index contributed by atoms with van der Waals surface area (Å²) in [5.41, 5.74) is 3.00. The second-order valence-corrected chi connectivity index (χ2v) is 9.86. The zero-order valence-electron chi connectivity index (χ0n) is 19.9. The lowest BCUT2D eigenvalue weighted by molar-refractivity contribution is -0.148. The fourth-order valence-electron chi connectivity index (χ4n) is 3.31. The quantitative estimate of drug-likeness (QED) is 0.370. The maximum Gasteiger partial charge on any atom is 0.312 e. The summed E-state index contributed by atoms with van der Waals surface area (Å²) in [5, 5.41) is 9.21. The number of rotatable bonds is 7. The Hall–Kier alpha value is -3.94. The average Bonchev–Trinajstić information content (AvgIpc) is 3.48. The van der Waals surface area contributed by atoms with Crippen molar-refractivity contribution in [2.45, 2.75) is 40.0 Å². The van der Waals surface area contributed by atoms with Crippen molar-refractivity contribution >= 4 is 5.97 Å². The van der Waals surface area contributed by atoms with Gasteiger partial charge in [0, 0.05) is 22.7 Å². The first-order valence-corrected chi connectivity index (χ1v) is 11.0. The van der Waals surface area contributed by atoms with Gasteiger partial charge in [0.1, 0.15) is 29.6 Å². The molecule has 0 saturated heterocycles. The summed E-state index contributed by atoms with van der Waals surface area (Å²) in [6.45, 7) is 9.58. The van der Waals surface area contributed by atoms with Gasteiger partial charge in [-0.15, -0.1) is 0 Å². The van der Waals surface area contributed by atoms with E-state index in [0.29, 0.717) is 11.6 Å². The molecule has 0 saturated carbocycles. The van der Waals surface area contributed by atoms with E-state index in [-0.39, 0.29) is 12.0 Å². The molecule has 0 spiro atoms. The minimum Gasteiger partial charge on any atom is -0.492 e. The van der Waals surface area contributed by atoms with Crippen molar-refractivity contribution in [3.63, 3.8) is 0 Å². The van der Waals surface area contributed by atoms with Crippen molar-refractivity contribution in [2.24, 2.45) is 5.41 Å². The molecule has 0 radical (unpaired) electrons. The number of ether oxygens (including phenoxy) is 1. The van der Waals surface area contributed by atoms with Crippen molar-refractivity contribution in [1.82, 2.24) is 19.9 Å². The van der Waals surface area contributed by atoms with Gasteiger partial charge in [-0.2, -0.15) is 0 Å². The highest BCUT2D eigenvalue weighted by molar-refractivity contribution is 5.73. The molecule has 8 nitrogen and oxygen atoms in total. The Bertz CT molecular complexity index is 1280. The van der Waals surface area contributed by atoms with Gasteiger partial charge in [-0.3, -0.25) is 9.78 Å². The number of aromatic amines is 1. The fourth-order valence-corrected chi connectivity index (χ4v) is 3.31. The Morgan fingerprint density at radius 1 is 0.971 bits per heavy atom. The maximum atomic E-state index is 11.2. The van der Waals surface area contributed by atoms with Gasteiger partial charge in [0.05, 0.1) is 23.0 Å². The van der Waals surface area contributed by atoms with E-state index in [1.807, 2.05) is 36.4 Å². The first kappa shape index (κ1) is 23.2. The summed E-state index contributed by atoms with van der Waals surface area (Å²) in [6.07, 6.45) is 4.97. The molecule has 1 aromatic carbocycles. The highest BCUT2D eigenvalue weighted by atomic mass is 16.5. The zero-order valence-corrected chi connectivity index (χ0v) is 19.9. The number of H-pyrrole nitrogens is 1. The predicted octanol–water partition coefficient (Wildman–Crippen LogP) is 5.58. The van der Waals surface area contributed by atoms with Gasteiger partial charge in [0.2, 0.25) is 0 Å². The van der Waals surface area contributed by atoms with Crippen LogP contribution in [0, 0.1) is 5.41 Å². The summed E-state index contributed by atoms with van der Waals surface area (Å²) >= 11 is 0. The molecule has 0 aliphatic heterocycles. The van der Waals surface area contributed by atoms with Crippen molar-refractivity contribution in [2.75, 3.05) is 6.61 Å². The predicted molar refractivity (Wildman–Crippen MR) is 128 cm³/mol. The summed E-state index contributed by atoms with van der Waals surface area (Å²) in [4.78, 5) is 28.0. The number of carboxylic acid groups (broad SMARTS) is 1. The molecule has 0 atom stereocenters. The number of carboxylic acids is 1. The Kier molecular flexibility index (Phi) is 6.00. The Morgan fingerprint density at radius 3 is 2.29 bits per heavy atom. The number of imidazole rings is 1. The van der Waals surface area contributed by atoms with E-state index in [0.717, 1.165) is 34.0 Å². The monoisotopic (exact) mass is 460 g/mol. The molecule has 0 bridgehead atoms. The van der Waals surface area contributed by atoms with Crippen LogP contribution in [0.25, 0.3) is 34.0 Å². The third kappa shape index (κ3) is 4.85. The number of aromatic nitrogens is 4. The van der Waals surface area contributed by atoms with Gasteiger partial charge < -0.3 is 19.2 Å². The molecule has 176 valence electrons. The SMILES string of the molecule is CC(C)(COc1ccc(-c2ccc(-c3ncc(-c4ncoc4C(C)(C)C)[nH]3)cn2)cc1)C(=O)O. The largest absolute Gasteiger partial charge is 0.492 e. The number of nitrogens with one attached hydrogen (secondary N) is 1. The molecule has 2 N–H and O–H groups in total. The number of pyridine rings is 1. The van der Waals surface area contributed by atoms with Gasteiger partial charge >= 0.3 is 5.97 Å². The first-order chi connectivity index (χ1) is 16.0. The molecule has 0 fully saturated rings. The van der Waals surface area contributed by atoms with E-state index < -0.39 is 11.4 Å². The van der Waals surface area contributed by atoms with Crippen LogP contribution in [0.15, 0.2) is 59.6 Å². The van der Waals surface area contributed by atoms with Gasteiger partial charge in [-0.1, -0.05) is 20.8 Å². The van der Waals surface area contributed by atoms with Gasteiger partial charge in [-0.05, 0) is 50.2 Å². The van der Waals surface area contributed by atoms with Crippen LogP contribution in [0.4, 0.5) is 0 Å². The minimum atomic E-state index is -0.955. The van der Waals surface area contributed by atoms with Crippen molar-refractivity contribution in [1.29, 1.82) is 0 Å². The Morgan fingerprint density at radius 2 is 1.68 bits per heavy atom. The second-order valence-electron chi connectivity index (χ2n) is 9.86. The zero-order chi connectivity index (χ0) is 24.5. The lowest BCUT2D eigenvalue weighted by Gasteiger charge is -2.19. The number of hydrogen-bond acceptors (Lipinski definition) is 6. The minimum absolute atomic E-state index is 0.0886. The molecule has 0 aliphatic rings. The van der Waals surface area contributed by atoms with Crippen LogP contribution >= 0.6 is 0 Å². The standard InChI is InChI=1S/C26H28N4O4/c1-25(2,3)22-21(29-15-34-22)20-13-28-23(30-20)17-8-11-19(27-12-17)16-6-9-18(10-7-16)33-14-26(4,5)24(31)32/h6-13,15H,14H2,1-5H3,(H,28,30)(H,31,32). The smallest absolute Gasteiger partial charge is 0.312 e. The number of aliphatic carboxylic acids is 1. The summed E-state index contributed by atoms with van der Waals surface area (Å²) in [5.74, 6) is 1.21. The number of oxazole rings is 1. The lowest BCUT2D eigenvalue weighted by Crippen LogP contribution is -2.30. The van der Waals surface area contributed by atoms with Crippen LogP contribution in [0.5, 0.6) is 5.75 Å². The highest BCUT2D eigenvalue weighted by Crippen LogP contribution is 2.32. The highest BCUT2D eigenvalue weighted by Gasteiger charge is 2.28. The Balaban J connectivity index is 1.47. The van der Waals surface area contributed by atoms with Gasteiger partial charge in [-0.25, -0.2) is 9.97 Å². The Labute approximate surface area is 198 Å². The number of benzene rings is 1. The molecule has 8 heteroatoms. The second kappa shape index (κ2) is 8.78. The summed E-state index contributed by atoms with van der Waals surface area (Å²) in [7, 11) is 0. The molecular weight excluding hydrogens is 432 g/mol. The van der Waals surface area contributed by atoms with Crippen LogP contribution in [-0.4, -0.2) is 37.6 Å². The number of carbonyl (C=O) groups is 1. The third-order valence-corrected chi connectivity index (χ3v) is 5.45. The van der Waals surface area contributed by atoms with E-state index in [1.165, 1.54) is 6.39 Å². The molecule has 4 rings (SSSR count). The van der Waals surface area contributed by atoms with E-state index in [9.17, 15) is 9.90 Å². The maximum absolute atomic E-state index is 11.2. The van der Waals surface area contributed by atoms with Gasteiger partial charge in [0.25, 0.3) is 0 Å². The summed E-state index contributed by atoms with van der Waals surface area (Å²) < 4.78 is 11.2. The topological polar surface area (TPSA) is 114 Å². The molecule has 3 heterocycles. The van der Waals surface area contributed by atoms with Crippen LogP contribution in [0.2, 0.25) is 0 Å². The van der Waals surface area contributed by atoms with Gasteiger partial charge in [0.15, 0.2) is 6.39 Å². The number of hydrogen-bond donors (Lipinski definition) is 2. The summed E-state index contributed by atoms with van der Waals surface area (Å²) in [6, 6.07) is 11.3. The number of nitrogens with zero attached hydrogens (tertiary/aromatic N) is 3. The molecule has 3 aromatic heterocycles. The molecular formula is C26H28N4O4. The molecule has 0 aliphatic carbocycles. The molecule has 0 unspecified atom stereocenters. The van der Waals surface area contributed by atoms with Crippen molar-refractivity contribution in [3.05, 3.63) is 60.9 Å². The normalized spacial score (nSPS) is 12.0.